The molecule has 0 aromatic heterocycles. The number of allylic oxidation sites excluding steroid dienone is 7. The fraction of sp³-hybridized carbons (Fsp3) is 0.200. The van der Waals surface area contributed by atoms with Gasteiger partial charge in [-0.2, -0.15) is 0 Å². The largest absolute Gasteiger partial charge is 0.375 e. The molecule has 86 valence electrons. The van der Waals surface area contributed by atoms with Gasteiger partial charge in [0.2, 0.25) is 0 Å². The third kappa shape index (κ3) is 6.66. The molecule has 0 aromatic carbocycles. The smallest absolute Gasteiger partial charge is 0.0631 e. The second-order valence-corrected chi connectivity index (χ2v) is 3.17. The third-order valence-electron chi connectivity index (χ3n) is 1.83. The van der Waals surface area contributed by atoms with E-state index in [1.165, 1.54) is 0 Å². The standard InChI is InChI=1S/C15H21N/c1-5-9-13-15(12-8-4)16-14(10-6-2)11-7-3/h5-13,15-16H,1-2H2,3-4H3/b11-7-,12-8-,13-9?,14-10+/t15-/m0/s1. The molecule has 0 spiro atoms. The maximum absolute atomic E-state index is 3.70. The van der Waals surface area contributed by atoms with Crippen LogP contribution >= 0.6 is 0 Å². The molecule has 0 radical (unpaired) electrons. The van der Waals surface area contributed by atoms with Crippen molar-refractivity contribution in [3.05, 3.63) is 73.5 Å². The summed E-state index contributed by atoms with van der Waals surface area (Å²) < 4.78 is 0. The summed E-state index contributed by atoms with van der Waals surface area (Å²) in [4.78, 5) is 0. The van der Waals surface area contributed by atoms with Gasteiger partial charge < -0.3 is 5.32 Å². The normalized spacial score (nSPS) is 14.8. The van der Waals surface area contributed by atoms with Crippen molar-refractivity contribution in [2.75, 3.05) is 0 Å². The zero-order valence-electron chi connectivity index (χ0n) is 10.2. The van der Waals surface area contributed by atoms with Crippen LogP contribution in [-0.4, -0.2) is 6.04 Å². The molecule has 0 bridgehead atoms. The van der Waals surface area contributed by atoms with E-state index in [4.69, 9.17) is 0 Å². The molecule has 1 atom stereocenters. The summed E-state index contributed by atoms with van der Waals surface area (Å²) in [6, 6.07) is 0.172. The van der Waals surface area contributed by atoms with Gasteiger partial charge in [0.15, 0.2) is 0 Å². The Labute approximate surface area is 99.3 Å². The second kappa shape index (κ2) is 9.78. The van der Waals surface area contributed by atoms with Crippen molar-refractivity contribution < 1.29 is 0 Å². The fourth-order valence-electron chi connectivity index (χ4n) is 1.22. The first-order valence-corrected chi connectivity index (χ1v) is 5.42. The van der Waals surface area contributed by atoms with Crippen molar-refractivity contribution in [2.24, 2.45) is 0 Å². The van der Waals surface area contributed by atoms with Gasteiger partial charge in [0.1, 0.15) is 0 Å². The van der Waals surface area contributed by atoms with E-state index in [0.29, 0.717) is 0 Å². The molecule has 16 heavy (non-hydrogen) atoms. The molecule has 0 fully saturated rings. The van der Waals surface area contributed by atoms with Crippen LogP contribution in [0.25, 0.3) is 0 Å². The van der Waals surface area contributed by atoms with Gasteiger partial charge in [-0.25, -0.2) is 0 Å². The molecule has 0 aliphatic heterocycles. The van der Waals surface area contributed by atoms with Gasteiger partial charge in [-0.05, 0) is 26.0 Å². The number of nitrogens with one attached hydrogen (secondary N) is 1. The highest BCUT2D eigenvalue weighted by Crippen LogP contribution is 1.99. The van der Waals surface area contributed by atoms with E-state index in [1.54, 1.807) is 12.2 Å². The monoisotopic (exact) mass is 215 g/mol. The van der Waals surface area contributed by atoms with Gasteiger partial charge in [-0.1, -0.05) is 55.7 Å². The van der Waals surface area contributed by atoms with Crippen molar-refractivity contribution in [1.29, 1.82) is 0 Å². The van der Waals surface area contributed by atoms with Crippen molar-refractivity contribution in [1.82, 2.24) is 5.32 Å². The Hall–Kier alpha value is -1.76. The average Bonchev–Trinajstić information content (AvgIpc) is 2.27. The first kappa shape index (κ1) is 14.2. The Morgan fingerprint density at radius 3 is 2.31 bits per heavy atom. The average molecular weight is 215 g/mol. The number of hydrogen-bond donors (Lipinski definition) is 1. The zero-order valence-corrected chi connectivity index (χ0v) is 10.2. The zero-order chi connectivity index (χ0) is 12.2. The van der Waals surface area contributed by atoms with E-state index in [0.717, 1.165) is 5.70 Å². The number of hydrogen-bond acceptors (Lipinski definition) is 1. The molecule has 1 nitrogen and oxygen atoms in total. The topological polar surface area (TPSA) is 12.0 Å². The molecule has 0 saturated heterocycles. The van der Waals surface area contributed by atoms with Gasteiger partial charge >= 0.3 is 0 Å². The van der Waals surface area contributed by atoms with Crippen molar-refractivity contribution in [3.8, 4) is 0 Å². The Morgan fingerprint density at radius 2 is 1.81 bits per heavy atom. The lowest BCUT2D eigenvalue weighted by atomic mass is 10.2. The predicted molar refractivity (Wildman–Crippen MR) is 74.2 cm³/mol. The summed E-state index contributed by atoms with van der Waals surface area (Å²) >= 11 is 0. The van der Waals surface area contributed by atoms with Crippen molar-refractivity contribution in [3.63, 3.8) is 0 Å². The van der Waals surface area contributed by atoms with E-state index in [1.807, 2.05) is 50.3 Å². The highest BCUT2D eigenvalue weighted by atomic mass is 14.9. The van der Waals surface area contributed by atoms with Crippen molar-refractivity contribution >= 4 is 0 Å². The molecule has 0 aliphatic rings. The summed E-state index contributed by atoms with van der Waals surface area (Å²) in [5, 5.41) is 3.37. The molecule has 0 aromatic rings. The van der Waals surface area contributed by atoms with Gasteiger partial charge in [-0.3, -0.25) is 0 Å². The molecule has 0 rings (SSSR count). The molecule has 0 saturated carbocycles. The van der Waals surface area contributed by atoms with Crippen LogP contribution in [0.5, 0.6) is 0 Å². The van der Waals surface area contributed by atoms with Gasteiger partial charge in [-0.15, -0.1) is 0 Å². The quantitative estimate of drug-likeness (QED) is 0.501. The minimum absolute atomic E-state index is 0.172. The lowest BCUT2D eigenvalue weighted by Gasteiger charge is -2.13. The van der Waals surface area contributed by atoms with Crippen LogP contribution in [0.2, 0.25) is 0 Å². The highest BCUT2D eigenvalue weighted by Gasteiger charge is 1.98. The molecular weight excluding hydrogens is 194 g/mol. The van der Waals surface area contributed by atoms with Gasteiger partial charge in [0, 0.05) is 5.70 Å². The van der Waals surface area contributed by atoms with Gasteiger partial charge in [0.25, 0.3) is 0 Å². The second-order valence-electron chi connectivity index (χ2n) is 3.17. The van der Waals surface area contributed by atoms with Gasteiger partial charge in [0.05, 0.1) is 6.04 Å². The van der Waals surface area contributed by atoms with Crippen LogP contribution in [0.3, 0.4) is 0 Å². The van der Waals surface area contributed by atoms with Crippen LogP contribution in [0.15, 0.2) is 73.5 Å². The third-order valence-corrected chi connectivity index (χ3v) is 1.83. The van der Waals surface area contributed by atoms with Crippen LogP contribution in [0.1, 0.15) is 13.8 Å². The summed E-state index contributed by atoms with van der Waals surface area (Å²) in [5.74, 6) is 0. The Kier molecular flexibility index (Phi) is 8.71. The Morgan fingerprint density at radius 1 is 1.06 bits per heavy atom. The first-order valence-electron chi connectivity index (χ1n) is 5.42. The van der Waals surface area contributed by atoms with Crippen molar-refractivity contribution in [2.45, 2.75) is 19.9 Å². The lowest BCUT2D eigenvalue weighted by Crippen LogP contribution is -2.23. The van der Waals surface area contributed by atoms with Crippen LogP contribution in [0.4, 0.5) is 0 Å². The maximum Gasteiger partial charge on any atom is 0.0631 e. The van der Waals surface area contributed by atoms with E-state index in [-0.39, 0.29) is 6.04 Å². The first-order chi connectivity index (χ1) is 7.78. The van der Waals surface area contributed by atoms with Crippen LogP contribution in [-0.2, 0) is 0 Å². The number of rotatable bonds is 7. The minimum Gasteiger partial charge on any atom is -0.375 e. The molecule has 1 heteroatoms. The molecule has 0 aliphatic carbocycles. The van der Waals surface area contributed by atoms with E-state index >= 15 is 0 Å². The maximum atomic E-state index is 3.70. The molecule has 0 heterocycles. The van der Waals surface area contributed by atoms with E-state index < -0.39 is 0 Å². The Balaban J connectivity index is 4.69. The summed E-state index contributed by atoms with van der Waals surface area (Å²) in [6.45, 7) is 11.3. The SMILES string of the molecule is C=CC=C[C@H](/C=C\C)NC(/C=C\C)=C/C=C. The van der Waals surface area contributed by atoms with E-state index in [2.05, 4.69) is 24.6 Å². The summed E-state index contributed by atoms with van der Waals surface area (Å²) in [7, 11) is 0. The summed E-state index contributed by atoms with van der Waals surface area (Å²) in [6.07, 6.45) is 17.6. The van der Waals surface area contributed by atoms with Crippen LogP contribution in [0, 0.1) is 0 Å². The predicted octanol–water partition coefficient (Wildman–Crippen LogP) is 3.91. The molecule has 0 unspecified atom stereocenters. The Bertz CT molecular complexity index is 316. The highest BCUT2D eigenvalue weighted by molar-refractivity contribution is 5.24. The molecular formula is C15H21N. The van der Waals surface area contributed by atoms with Crippen LogP contribution < -0.4 is 5.32 Å². The summed E-state index contributed by atoms with van der Waals surface area (Å²) in [5.41, 5.74) is 1.04. The molecule has 0 amide bonds. The molecule has 1 N–H and O–H groups in total. The fourth-order valence-corrected chi connectivity index (χ4v) is 1.22. The van der Waals surface area contributed by atoms with E-state index in [9.17, 15) is 0 Å². The minimum atomic E-state index is 0.172. The lowest BCUT2D eigenvalue weighted by molar-refractivity contribution is 0.804.